The number of aromatic nitrogens is 2. The largest absolute Gasteiger partial charge is 0.379 e. The molecule has 0 unspecified atom stereocenters. The SMILES string of the molecule is CCCCNc1c(N2CCN(C(=O)CC(c3ccccc3)c3ccccc3)CC2)cnn(-c2ccccc2)c1=O. The fraction of sp³-hybridized carbons (Fsp3) is 0.303. The van der Waals surface area contributed by atoms with Crippen LogP contribution < -0.4 is 15.8 Å². The first-order valence-corrected chi connectivity index (χ1v) is 14.2. The smallest absolute Gasteiger partial charge is 0.296 e. The average molecular weight is 536 g/mol. The monoisotopic (exact) mass is 535 g/mol. The lowest BCUT2D eigenvalue weighted by Crippen LogP contribution is -2.49. The fourth-order valence-electron chi connectivity index (χ4n) is 5.29. The van der Waals surface area contributed by atoms with Crippen LogP contribution in [-0.4, -0.2) is 53.3 Å². The Bertz CT molecular complexity index is 1390. The van der Waals surface area contributed by atoms with Crippen molar-refractivity contribution in [1.82, 2.24) is 14.7 Å². The Balaban J connectivity index is 1.31. The van der Waals surface area contributed by atoms with Gasteiger partial charge in [0.05, 0.1) is 17.6 Å². The Morgan fingerprint density at radius 1 is 0.850 bits per heavy atom. The Labute approximate surface area is 236 Å². The van der Waals surface area contributed by atoms with Crippen LogP contribution in [0.15, 0.2) is 102 Å². The Kier molecular flexibility index (Phi) is 8.91. The van der Waals surface area contributed by atoms with E-state index in [0.29, 0.717) is 38.3 Å². The number of hydrogen-bond donors (Lipinski definition) is 1. The van der Waals surface area contributed by atoms with Crippen LogP contribution in [0.1, 0.15) is 43.2 Å². The molecule has 1 aliphatic rings. The number of hydrogen-bond acceptors (Lipinski definition) is 5. The van der Waals surface area contributed by atoms with E-state index in [1.165, 1.54) is 4.68 Å². The second kappa shape index (κ2) is 13.1. The van der Waals surface area contributed by atoms with Crippen LogP contribution in [0, 0.1) is 0 Å². The van der Waals surface area contributed by atoms with Gasteiger partial charge in [0, 0.05) is 45.1 Å². The predicted molar refractivity (Wildman–Crippen MR) is 161 cm³/mol. The highest BCUT2D eigenvalue weighted by Crippen LogP contribution is 2.29. The Hall–Kier alpha value is -4.39. The quantitative estimate of drug-likeness (QED) is 0.279. The minimum Gasteiger partial charge on any atom is -0.379 e. The third-order valence-electron chi connectivity index (χ3n) is 7.55. The van der Waals surface area contributed by atoms with Gasteiger partial charge in [-0.15, -0.1) is 0 Å². The standard InChI is InChI=1S/C33H37N5O2/c1-2-3-19-34-32-30(25-35-38(33(32)40)28-17-11-6-12-18-28)36-20-22-37(23-21-36)31(39)24-29(26-13-7-4-8-14-26)27-15-9-5-10-16-27/h4-18,25,29,34H,2-3,19-24H2,1H3. The summed E-state index contributed by atoms with van der Waals surface area (Å²) in [6, 6.07) is 30.0. The summed E-state index contributed by atoms with van der Waals surface area (Å²) in [5.41, 5.74) is 4.24. The number of anilines is 2. The van der Waals surface area contributed by atoms with Crippen molar-refractivity contribution in [3.8, 4) is 5.69 Å². The molecule has 0 saturated carbocycles. The Morgan fingerprint density at radius 2 is 1.43 bits per heavy atom. The van der Waals surface area contributed by atoms with E-state index in [9.17, 15) is 9.59 Å². The maximum Gasteiger partial charge on any atom is 0.296 e. The summed E-state index contributed by atoms with van der Waals surface area (Å²) < 4.78 is 1.45. The maximum absolute atomic E-state index is 13.5. The predicted octanol–water partition coefficient (Wildman–Crippen LogP) is 5.32. The molecule has 1 N–H and O–H groups in total. The van der Waals surface area contributed by atoms with Crippen molar-refractivity contribution in [1.29, 1.82) is 0 Å². The lowest BCUT2D eigenvalue weighted by molar-refractivity contribution is -0.131. The van der Waals surface area contributed by atoms with Gasteiger partial charge >= 0.3 is 0 Å². The van der Waals surface area contributed by atoms with Crippen molar-refractivity contribution < 1.29 is 4.79 Å². The van der Waals surface area contributed by atoms with Crippen LogP contribution in [0.3, 0.4) is 0 Å². The van der Waals surface area contributed by atoms with E-state index < -0.39 is 0 Å². The molecule has 1 aromatic heterocycles. The van der Waals surface area contributed by atoms with Gasteiger partial charge in [0.25, 0.3) is 5.56 Å². The molecular weight excluding hydrogens is 498 g/mol. The molecule has 0 radical (unpaired) electrons. The van der Waals surface area contributed by atoms with Gasteiger partial charge < -0.3 is 15.1 Å². The lowest BCUT2D eigenvalue weighted by atomic mass is 9.88. The van der Waals surface area contributed by atoms with Crippen molar-refractivity contribution in [2.24, 2.45) is 0 Å². The van der Waals surface area contributed by atoms with Crippen LogP contribution in [0.4, 0.5) is 11.4 Å². The minimum atomic E-state index is -0.160. The third kappa shape index (κ3) is 6.25. The molecule has 2 heterocycles. The van der Waals surface area contributed by atoms with Crippen LogP contribution in [0.25, 0.3) is 5.69 Å². The highest BCUT2D eigenvalue weighted by atomic mass is 16.2. The van der Waals surface area contributed by atoms with Gasteiger partial charge in [-0.05, 0) is 29.7 Å². The molecule has 4 aromatic rings. The molecule has 0 atom stereocenters. The molecule has 0 bridgehead atoms. The van der Waals surface area contributed by atoms with E-state index in [2.05, 4.69) is 46.5 Å². The molecule has 1 saturated heterocycles. The van der Waals surface area contributed by atoms with E-state index >= 15 is 0 Å². The molecule has 7 nitrogen and oxygen atoms in total. The van der Waals surface area contributed by atoms with Crippen molar-refractivity contribution in [3.05, 3.63) is 119 Å². The first-order chi connectivity index (χ1) is 19.7. The van der Waals surface area contributed by atoms with Crippen LogP contribution >= 0.6 is 0 Å². The number of benzene rings is 3. The number of unbranched alkanes of at least 4 members (excludes halogenated alkanes) is 1. The highest BCUT2D eigenvalue weighted by molar-refractivity contribution is 5.78. The molecule has 206 valence electrons. The molecule has 40 heavy (non-hydrogen) atoms. The number of carbonyl (C=O) groups excluding carboxylic acids is 1. The number of piperazine rings is 1. The second-order valence-electron chi connectivity index (χ2n) is 10.2. The van der Waals surface area contributed by atoms with Crippen molar-refractivity contribution >= 4 is 17.3 Å². The van der Waals surface area contributed by atoms with Gasteiger partial charge in [0.15, 0.2) is 0 Å². The van der Waals surface area contributed by atoms with Gasteiger partial charge in [-0.1, -0.05) is 92.2 Å². The van der Waals surface area contributed by atoms with Crippen LogP contribution in [0.5, 0.6) is 0 Å². The van der Waals surface area contributed by atoms with E-state index in [-0.39, 0.29) is 17.4 Å². The molecule has 3 aromatic carbocycles. The summed E-state index contributed by atoms with van der Waals surface area (Å²) in [5, 5.41) is 7.91. The molecule has 1 fully saturated rings. The molecule has 1 aliphatic heterocycles. The average Bonchev–Trinajstić information content (AvgIpc) is 3.02. The van der Waals surface area contributed by atoms with Gasteiger partial charge in [-0.25, -0.2) is 0 Å². The number of amides is 1. The first-order valence-electron chi connectivity index (χ1n) is 14.2. The molecule has 5 rings (SSSR count). The van der Waals surface area contributed by atoms with Crippen molar-refractivity contribution in [2.75, 3.05) is 42.9 Å². The summed E-state index contributed by atoms with van der Waals surface area (Å²) in [6.07, 6.45) is 4.21. The summed E-state index contributed by atoms with van der Waals surface area (Å²) in [6.45, 7) is 5.35. The van der Waals surface area contributed by atoms with E-state index in [4.69, 9.17) is 0 Å². The fourth-order valence-corrected chi connectivity index (χ4v) is 5.29. The minimum absolute atomic E-state index is 0.0112. The summed E-state index contributed by atoms with van der Waals surface area (Å²) in [7, 11) is 0. The number of carbonyl (C=O) groups is 1. The molecule has 7 heteroatoms. The third-order valence-corrected chi connectivity index (χ3v) is 7.55. The van der Waals surface area contributed by atoms with E-state index in [0.717, 1.165) is 41.9 Å². The molecular formula is C33H37N5O2. The lowest BCUT2D eigenvalue weighted by Gasteiger charge is -2.37. The summed E-state index contributed by atoms with van der Waals surface area (Å²) >= 11 is 0. The van der Waals surface area contributed by atoms with Gasteiger partial charge in [0.2, 0.25) is 5.91 Å². The van der Waals surface area contributed by atoms with E-state index in [1.54, 1.807) is 6.20 Å². The highest BCUT2D eigenvalue weighted by Gasteiger charge is 2.27. The number of nitrogens with one attached hydrogen (secondary N) is 1. The van der Waals surface area contributed by atoms with Gasteiger partial charge in [-0.3, -0.25) is 9.59 Å². The first kappa shape index (κ1) is 27.2. The maximum atomic E-state index is 13.5. The summed E-state index contributed by atoms with van der Waals surface area (Å²) in [5.74, 6) is 0.161. The van der Waals surface area contributed by atoms with Crippen molar-refractivity contribution in [3.63, 3.8) is 0 Å². The van der Waals surface area contributed by atoms with Gasteiger partial charge in [-0.2, -0.15) is 9.78 Å². The second-order valence-corrected chi connectivity index (χ2v) is 10.2. The summed E-state index contributed by atoms with van der Waals surface area (Å²) in [4.78, 5) is 31.2. The Morgan fingerprint density at radius 3 is 2.00 bits per heavy atom. The number of para-hydroxylation sites is 1. The zero-order valence-electron chi connectivity index (χ0n) is 23.1. The topological polar surface area (TPSA) is 70.5 Å². The van der Waals surface area contributed by atoms with Gasteiger partial charge in [0.1, 0.15) is 5.69 Å². The number of nitrogens with zero attached hydrogens (tertiary/aromatic N) is 4. The molecule has 0 aliphatic carbocycles. The number of rotatable bonds is 10. The van der Waals surface area contributed by atoms with E-state index in [1.807, 2.05) is 71.6 Å². The van der Waals surface area contributed by atoms with Crippen molar-refractivity contribution in [2.45, 2.75) is 32.1 Å². The van der Waals surface area contributed by atoms with Crippen LogP contribution in [-0.2, 0) is 4.79 Å². The normalized spacial score (nSPS) is 13.4. The molecule has 1 amide bonds. The zero-order chi connectivity index (χ0) is 27.7. The zero-order valence-corrected chi connectivity index (χ0v) is 23.1. The van der Waals surface area contributed by atoms with Crippen LogP contribution in [0.2, 0.25) is 0 Å². The molecule has 0 spiro atoms.